The second-order valence-corrected chi connectivity index (χ2v) is 9.72. The van der Waals surface area contributed by atoms with Crippen LogP contribution in [0.2, 0.25) is 0 Å². The van der Waals surface area contributed by atoms with E-state index < -0.39 is 0 Å². The smallest absolute Gasteiger partial charge is 0.255 e. The fourth-order valence-corrected chi connectivity index (χ4v) is 5.40. The number of pyridine rings is 1. The molecule has 8 nitrogen and oxygen atoms in total. The zero-order valence-corrected chi connectivity index (χ0v) is 19.9. The molecule has 182 valence electrons. The number of hydrogen-bond acceptors (Lipinski definition) is 6. The summed E-state index contributed by atoms with van der Waals surface area (Å²) in [5.41, 5.74) is 8.04. The SMILES string of the molecule is O=C1NCCOc2cc(-c3n[nH]c4ncc(-c5ccc6c(c5)CCN(C5COC5)CC6)cc34)ccc21. The number of nitrogens with one attached hydrogen (secondary N) is 2. The third-order valence-corrected chi connectivity index (χ3v) is 7.57. The van der Waals surface area contributed by atoms with Crippen molar-refractivity contribution in [2.24, 2.45) is 0 Å². The lowest BCUT2D eigenvalue weighted by Gasteiger charge is -2.36. The molecule has 0 unspecified atom stereocenters. The summed E-state index contributed by atoms with van der Waals surface area (Å²) < 4.78 is 11.2. The van der Waals surface area contributed by atoms with Gasteiger partial charge in [-0.2, -0.15) is 5.10 Å². The van der Waals surface area contributed by atoms with E-state index in [4.69, 9.17) is 9.47 Å². The Morgan fingerprint density at radius 3 is 2.67 bits per heavy atom. The molecule has 4 aromatic rings. The summed E-state index contributed by atoms with van der Waals surface area (Å²) >= 11 is 0. The molecule has 5 heterocycles. The number of hydrogen-bond donors (Lipinski definition) is 2. The summed E-state index contributed by atoms with van der Waals surface area (Å²) in [4.78, 5) is 19.5. The van der Waals surface area contributed by atoms with Gasteiger partial charge in [0.15, 0.2) is 5.65 Å². The van der Waals surface area contributed by atoms with Gasteiger partial charge in [0.05, 0.1) is 31.4 Å². The normalized spacial score (nSPS) is 18.4. The van der Waals surface area contributed by atoms with Gasteiger partial charge in [-0.05, 0) is 47.7 Å². The van der Waals surface area contributed by atoms with Crippen molar-refractivity contribution >= 4 is 16.9 Å². The predicted octanol–water partition coefficient (Wildman–Crippen LogP) is 3.21. The van der Waals surface area contributed by atoms with Crippen molar-refractivity contribution in [3.63, 3.8) is 0 Å². The first kappa shape index (κ1) is 21.5. The molecular formula is C28H27N5O3. The fourth-order valence-electron chi connectivity index (χ4n) is 5.40. The summed E-state index contributed by atoms with van der Waals surface area (Å²) in [7, 11) is 0. The van der Waals surface area contributed by atoms with Crippen LogP contribution in [0.3, 0.4) is 0 Å². The number of ether oxygens (including phenoxy) is 2. The average molecular weight is 482 g/mol. The second kappa shape index (κ2) is 8.72. The Morgan fingerprint density at radius 1 is 0.944 bits per heavy atom. The number of aromatic amines is 1. The van der Waals surface area contributed by atoms with E-state index in [0.717, 1.165) is 72.6 Å². The minimum absolute atomic E-state index is 0.114. The summed E-state index contributed by atoms with van der Waals surface area (Å²) in [6.45, 7) is 4.84. The lowest BCUT2D eigenvalue weighted by atomic mass is 9.96. The van der Waals surface area contributed by atoms with Crippen molar-refractivity contribution in [1.29, 1.82) is 0 Å². The number of carbonyl (C=O) groups excluding carboxylic acids is 1. The molecule has 2 aromatic carbocycles. The van der Waals surface area contributed by atoms with Gasteiger partial charge in [-0.1, -0.05) is 24.3 Å². The Balaban J connectivity index is 1.22. The van der Waals surface area contributed by atoms with E-state index in [-0.39, 0.29) is 5.91 Å². The first-order chi connectivity index (χ1) is 17.7. The Bertz CT molecular complexity index is 1480. The number of H-pyrrole nitrogens is 1. The van der Waals surface area contributed by atoms with Gasteiger partial charge in [-0.25, -0.2) is 4.98 Å². The van der Waals surface area contributed by atoms with Crippen LogP contribution in [-0.2, 0) is 17.6 Å². The number of amides is 1. The highest BCUT2D eigenvalue weighted by molar-refractivity contribution is 5.99. The van der Waals surface area contributed by atoms with E-state index in [1.54, 1.807) is 6.07 Å². The number of fused-ring (bicyclic) bond motifs is 3. The summed E-state index contributed by atoms with van der Waals surface area (Å²) in [5.74, 6) is 0.466. The molecule has 0 saturated carbocycles. The van der Waals surface area contributed by atoms with Crippen molar-refractivity contribution in [2.45, 2.75) is 18.9 Å². The standard InChI is InChI=1S/C28H27N5O3/c34-28-23-4-3-20(13-25(23)36-10-7-29-28)26-24-12-21(14-30-27(24)32-31-26)18-2-1-17-5-8-33(22-15-35-16-22)9-6-19(17)11-18/h1-4,11-14,22H,5-10,15-16H2,(H,29,34)(H,30,31,32). The van der Waals surface area contributed by atoms with E-state index >= 15 is 0 Å². The number of carbonyl (C=O) groups is 1. The van der Waals surface area contributed by atoms with Crippen molar-refractivity contribution < 1.29 is 14.3 Å². The van der Waals surface area contributed by atoms with E-state index in [9.17, 15) is 4.79 Å². The van der Waals surface area contributed by atoms with Crippen molar-refractivity contribution in [1.82, 2.24) is 25.4 Å². The molecule has 0 atom stereocenters. The zero-order valence-electron chi connectivity index (χ0n) is 19.9. The highest BCUT2D eigenvalue weighted by atomic mass is 16.5. The average Bonchev–Trinajstić information content (AvgIpc) is 3.07. The lowest BCUT2D eigenvalue weighted by molar-refractivity contribution is -0.0634. The minimum Gasteiger partial charge on any atom is -0.491 e. The molecule has 2 N–H and O–H groups in total. The number of nitrogens with zero attached hydrogens (tertiary/aromatic N) is 3. The Hall–Kier alpha value is -3.75. The summed E-state index contributed by atoms with van der Waals surface area (Å²) in [6, 6.07) is 15.1. The molecule has 0 aliphatic carbocycles. The Kier molecular flexibility index (Phi) is 5.22. The second-order valence-electron chi connectivity index (χ2n) is 9.72. The van der Waals surface area contributed by atoms with Crippen LogP contribution in [0.25, 0.3) is 33.4 Å². The van der Waals surface area contributed by atoms with Crippen LogP contribution >= 0.6 is 0 Å². The third kappa shape index (κ3) is 3.73. The van der Waals surface area contributed by atoms with Gasteiger partial charge in [-0.15, -0.1) is 0 Å². The molecule has 1 saturated heterocycles. The molecule has 1 amide bonds. The third-order valence-electron chi connectivity index (χ3n) is 7.57. The maximum atomic E-state index is 12.3. The zero-order chi connectivity index (χ0) is 24.1. The maximum absolute atomic E-state index is 12.3. The maximum Gasteiger partial charge on any atom is 0.255 e. The molecule has 1 fully saturated rings. The fraction of sp³-hybridized carbons (Fsp3) is 0.321. The molecule has 0 radical (unpaired) electrons. The quantitative estimate of drug-likeness (QED) is 0.467. The summed E-state index contributed by atoms with van der Waals surface area (Å²) in [6.07, 6.45) is 4.04. The topological polar surface area (TPSA) is 92.4 Å². The Labute approximate surface area is 208 Å². The molecule has 7 rings (SSSR count). The number of benzene rings is 2. The van der Waals surface area contributed by atoms with Gasteiger partial charge in [0.1, 0.15) is 18.1 Å². The molecule has 0 spiro atoms. The monoisotopic (exact) mass is 481 g/mol. The van der Waals surface area contributed by atoms with E-state index in [1.807, 2.05) is 18.3 Å². The number of aromatic nitrogens is 3. The van der Waals surface area contributed by atoms with E-state index in [2.05, 4.69) is 49.7 Å². The van der Waals surface area contributed by atoms with Gasteiger partial charge in [0, 0.05) is 35.8 Å². The molecule has 2 aromatic heterocycles. The van der Waals surface area contributed by atoms with E-state index in [0.29, 0.717) is 30.5 Å². The molecule has 8 heteroatoms. The summed E-state index contributed by atoms with van der Waals surface area (Å²) in [5, 5.41) is 11.4. The van der Waals surface area contributed by atoms with Gasteiger partial charge in [0.2, 0.25) is 0 Å². The number of rotatable bonds is 3. The van der Waals surface area contributed by atoms with Crippen LogP contribution in [0.1, 0.15) is 21.5 Å². The molecular weight excluding hydrogens is 454 g/mol. The first-order valence-corrected chi connectivity index (χ1v) is 12.6. The highest BCUT2D eigenvalue weighted by Gasteiger charge is 2.27. The van der Waals surface area contributed by atoms with E-state index in [1.165, 1.54) is 11.1 Å². The van der Waals surface area contributed by atoms with Crippen LogP contribution < -0.4 is 10.1 Å². The van der Waals surface area contributed by atoms with Gasteiger partial charge >= 0.3 is 0 Å². The lowest BCUT2D eigenvalue weighted by Crippen LogP contribution is -2.49. The molecule has 0 bridgehead atoms. The highest BCUT2D eigenvalue weighted by Crippen LogP contribution is 2.33. The van der Waals surface area contributed by atoms with Crippen LogP contribution in [0.5, 0.6) is 5.75 Å². The molecule has 3 aliphatic heterocycles. The van der Waals surface area contributed by atoms with Crippen molar-refractivity contribution in [2.75, 3.05) is 39.5 Å². The van der Waals surface area contributed by atoms with Gasteiger partial charge in [0.25, 0.3) is 5.91 Å². The van der Waals surface area contributed by atoms with Crippen molar-refractivity contribution in [3.8, 4) is 28.1 Å². The van der Waals surface area contributed by atoms with Gasteiger partial charge in [-0.3, -0.25) is 14.8 Å². The minimum atomic E-state index is -0.114. The Morgan fingerprint density at radius 2 is 1.81 bits per heavy atom. The molecule has 3 aliphatic rings. The van der Waals surface area contributed by atoms with Crippen LogP contribution in [0, 0.1) is 0 Å². The van der Waals surface area contributed by atoms with Crippen LogP contribution in [-0.4, -0.2) is 71.5 Å². The van der Waals surface area contributed by atoms with Crippen molar-refractivity contribution in [3.05, 3.63) is 65.4 Å². The first-order valence-electron chi connectivity index (χ1n) is 12.6. The predicted molar refractivity (Wildman–Crippen MR) is 136 cm³/mol. The van der Waals surface area contributed by atoms with Gasteiger partial charge < -0.3 is 14.8 Å². The van der Waals surface area contributed by atoms with Crippen LogP contribution in [0.15, 0.2) is 48.7 Å². The largest absolute Gasteiger partial charge is 0.491 e. The molecule has 36 heavy (non-hydrogen) atoms. The van der Waals surface area contributed by atoms with Crippen LogP contribution in [0.4, 0.5) is 0 Å².